The Balaban J connectivity index is 0.000000566. The lowest BCUT2D eigenvalue weighted by Gasteiger charge is -2.34. The third-order valence-corrected chi connectivity index (χ3v) is 6.60. The van der Waals surface area contributed by atoms with Gasteiger partial charge in [0.25, 0.3) is 0 Å². The number of rotatable bonds is 5. The van der Waals surface area contributed by atoms with Crippen molar-refractivity contribution < 1.29 is 50.3 Å². The maximum atomic E-state index is 12.9. The first kappa shape index (κ1) is 32.4. The van der Waals surface area contributed by atoms with Gasteiger partial charge in [-0.1, -0.05) is 41.0 Å². The van der Waals surface area contributed by atoms with E-state index in [1.165, 1.54) is 6.07 Å². The molecule has 1 saturated heterocycles. The van der Waals surface area contributed by atoms with Crippen LogP contribution in [0.25, 0.3) is 11.0 Å². The van der Waals surface area contributed by atoms with E-state index in [-0.39, 0.29) is 11.8 Å². The number of anilines is 1. The molecule has 4 aromatic rings. The molecule has 44 heavy (non-hydrogen) atoms. The van der Waals surface area contributed by atoms with E-state index < -0.39 is 28.9 Å². The number of aromatic nitrogens is 1. The number of nitrogens with zero attached hydrogens (tertiary/aromatic N) is 3. The maximum Gasteiger partial charge on any atom is 0.490 e. The van der Waals surface area contributed by atoms with Gasteiger partial charge in [0.1, 0.15) is 11.5 Å². The number of piperazine rings is 1. The van der Waals surface area contributed by atoms with Gasteiger partial charge in [0.2, 0.25) is 0 Å². The highest BCUT2D eigenvalue weighted by Gasteiger charge is 2.38. The number of hydrogen-bond donors (Lipinski definition) is 2. The molecule has 16 heteroatoms. The fourth-order valence-electron chi connectivity index (χ4n) is 4.16. The highest BCUT2D eigenvalue weighted by Crippen LogP contribution is 2.37. The van der Waals surface area contributed by atoms with Gasteiger partial charge in [0, 0.05) is 38.8 Å². The Morgan fingerprint density at radius 1 is 0.932 bits per heavy atom. The number of para-hydroxylation sites is 1. The summed E-state index contributed by atoms with van der Waals surface area (Å²) >= 11 is 5.79. The van der Waals surface area contributed by atoms with Crippen LogP contribution >= 0.6 is 11.6 Å². The summed E-state index contributed by atoms with van der Waals surface area (Å²) in [7, 11) is 0. The van der Waals surface area contributed by atoms with E-state index in [4.69, 9.17) is 30.8 Å². The molecule has 0 unspecified atom stereocenters. The van der Waals surface area contributed by atoms with Gasteiger partial charge in [-0.05, 0) is 42.0 Å². The summed E-state index contributed by atoms with van der Waals surface area (Å²) in [6, 6.07) is 17.7. The van der Waals surface area contributed by atoms with Crippen molar-refractivity contribution in [1.82, 2.24) is 15.0 Å². The molecule has 234 valence electrons. The van der Waals surface area contributed by atoms with Crippen LogP contribution in [-0.2, 0) is 17.5 Å². The summed E-state index contributed by atoms with van der Waals surface area (Å²) in [5.41, 5.74) is 0.676. The number of fused-ring (bicyclic) bond motifs is 1. The second-order valence-corrected chi connectivity index (χ2v) is 9.82. The zero-order valence-corrected chi connectivity index (χ0v) is 23.2. The lowest BCUT2D eigenvalue weighted by Crippen LogP contribution is -2.49. The number of halogens is 7. The third-order valence-electron chi connectivity index (χ3n) is 6.29. The normalized spacial score (nSPS) is 14.1. The lowest BCUT2D eigenvalue weighted by atomic mass is 10.2. The van der Waals surface area contributed by atoms with Crippen LogP contribution in [0.1, 0.15) is 11.1 Å². The van der Waals surface area contributed by atoms with Crippen molar-refractivity contribution in [3.05, 3.63) is 82.9 Å². The summed E-state index contributed by atoms with van der Waals surface area (Å²) in [4.78, 5) is 25.6. The Hall–Kier alpha value is -4.50. The lowest BCUT2D eigenvalue weighted by molar-refractivity contribution is -0.192. The van der Waals surface area contributed by atoms with E-state index in [1.54, 1.807) is 17.0 Å². The largest absolute Gasteiger partial charge is 0.490 e. The number of hydrogen-bond acceptors (Lipinski definition) is 6. The van der Waals surface area contributed by atoms with Crippen molar-refractivity contribution in [2.75, 3.05) is 31.5 Å². The Bertz CT molecular complexity index is 1620. The van der Waals surface area contributed by atoms with Crippen molar-refractivity contribution in [2.24, 2.45) is 0 Å². The Morgan fingerprint density at radius 3 is 2.23 bits per heavy atom. The van der Waals surface area contributed by atoms with Crippen molar-refractivity contribution in [1.29, 1.82) is 0 Å². The minimum Gasteiger partial charge on any atom is -0.475 e. The van der Waals surface area contributed by atoms with E-state index in [0.717, 1.165) is 23.1 Å². The quantitative estimate of drug-likeness (QED) is 0.220. The molecule has 0 saturated carbocycles. The summed E-state index contributed by atoms with van der Waals surface area (Å²) in [6.07, 6.45) is -9.61. The van der Waals surface area contributed by atoms with Gasteiger partial charge in [0.05, 0.1) is 16.0 Å². The van der Waals surface area contributed by atoms with Crippen molar-refractivity contribution >= 4 is 40.4 Å². The number of urea groups is 1. The van der Waals surface area contributed by atoms with Crippen LogP contribution in [-0.4, -0.2) is 64.4 Å². The molecule has 0 atom stereocenters. The Labute approximate surface area is 250 Å². The number of carboxylic acids is 1. The molecule has 2 heterocycles. The zero-order chi connectivity index (χ0) is 32.1. The average Bonchev–Trinajstić information content (AvgIpc) is 3.35. The van der Waals surface area contributed by atoms with Crippen LogP contribution in [0.4, 0.5) is 37.0 Å². The first-order valence-electron chi connectivity index (χ1n) is 12.8. The van der Waals surface area contributed by atoms with Gasteiger partial charge in [-0.2, -0.15) is 26.3 Å². The number of nitrogens with one attached hydrogen (secondary N) is 1. The topological polar surface area (TPSA) is 108 Å². The third kappa shape index (κ3) is 8.54. The Morgan fingerprint density at radius 2 is 1.59 bits per heavy atom. The molecule has 5 rings (SSSR count). The van der Waals surface area contributed by atoms with E-state index in [9.17, 15) is 31.1 Å². The number of benzene rings is 3. The highest BCUT2D eigenvalue weighted by molar-refractivity contribution is 6.31. The summed E-state index contributed by atoms with van der Waals surface area (Å²) < 4.78 is 81.5. The molecule has 1 aromatic heterocycles. The molecular weight excluding hydrogens is 622 g/mol. The number of amides is 2. The average molecular weight is 645 g/mol. The summed E-state index contributed by atoms with van der Waals surface area (Å²) in [6.45, 7) is 3.07. The van der Waals surface area contributed by atoms with E-state index in [2.05, 4.69) is 15.4 Å². The zero-order valence-electron chi connectivity index (χ0n) is 22.5. The smallest absolute Gasteiger partial charge is 0.475 e. The second kappa shape index (κ2) is 13.4. The van der Waals surface area contributed by atoms with Gasteiger partial charge in [0.15, 0.2) is 11.4 Å². The predicted octanol–water partition coefficient (Wildman–Crippen LogP) is 7.28. The van der Waals surface area contributed by atoms with Gasteiger partial charge in [-0.15, -0.1) is 0 Å². The molecule has 1 fully saturated rings. The van der Waals surface area contributed by atoms with Crippen LogP contribution in [0, 0.1) is 0 Å². The highest BCUT2D eigenvalue weighted by atomic mass is 35.5. The molecule has 9 nitrogen and oxygen atoms in total. The number of ether oxygens (including phenoxy) is 1. The van der Waals surface area contributed by atoms with Crippen molar-refractivity contribution in [2.45, 2.75) is 18.9 Å². The maximum absolute atomic E-state index is 12.9. The van der Waals surface area contributed by atoms with Crippen LogP contribution in [0.3, 0.4) is 0 Å². The first-order valence-corrected chi connectivity index (χ1v) is 13.1. The molecule has 1 aliphatic rings. The molecular formula is C28H23ClF6N4O5. The molecule has 0 aliphatic carbocycles. The van der Waals surface area contributed by atoms with Crippen LogP contribution in [0.2, 0.25) is 5.02 Å². The van der Waals surface area contributed by atoms with Crippen molar-refractivity contribution in [3.63, 3.8) is 0 Å². The minimum absolute atomic E-state index is 0.217. The van der Waals surface area contributed by atoms with Crippen LogP contribution in [0.5, 0.6) is 11.5 Å². The predicted molar refractivity (Wildman–Crippen MR) is 147 cm³/mol. The summed E-state index contributed by atoms with van der Waals surface area (Å²) in [5.74, 6) is -1.65. The molecule has 0 radical (unpaired) electrons. The van der Waals surface area contributed by atoms with E-state index >= 15 is 0 Å². The molecule has 2 amide bonds. The number of carbonyl (C=O) groups is 2. The fourth-order valence-corrected chi connectivity index (χ4v) is 4.43. The number of alkyl halides is 6. The van der Waals surface area contributed by atoms with Crippen molar-refractivity contribution in [3.8, 4) is 11.5 Å². The van der Waals surface area contributed by atoms with E-state index in [1.807, 2.05) is 36.4 Å². The summed E-state index contributed by atoms with van der Waals surface area (Å²) in [5, 5.41) is 14.2. The van der Waals surface area contributed by atoms with E-state index in [0.29, 0.717) is 49.9 Å². The molecule has 0 bridgehead atoms. The number of aliphatic carboxylic acids is 1. The monoisotopic (exact) mass is 644 g/mol. The second-order valence-electron chi connectivity index (χ2n) is 9.41. The van der Waals surface area contributed by atoms with Gasteiger partial charge >= 0.3 is 24.4 Å². The Kier molecular flexibility index (Phi) is 9.89. The molecule has 1 aliphatic heterocycles. The minimum atomic E-state index is -5.08. The number of carboxylic acid groups (broad SMARTS) is 1. The number of carbonyl (C=O) groups excluding carboxylic acids is 1. The fraction of sp³-hybridized carbons (Fsp3) is 0.250. The molecule has 3 aromatic carbocycles. The van der Waals surface area contributed by atoms with Gasteiger partial charge < -0.3 is 19.3 Å². The molecule has 2 N–H and O–H groups in total. The molecule has 0 spiro atoms. The van der Waals surface area contributed by atoms with Gasteiger partial charge in [-0.25, -0.2) is 9.59 Å². The standard InChI is InChI=1S/C26H22ClF3N4O3.C2HF3O2/c27-22-15-19(8-9-21(22)26(28,29)30)36-18-5-3-4-17(14-18)16-33-10-12-34(13-11-33)25(35)31-24-20-6-1-2-7-23(20)37-32-24;3-2(4,5)1(6)7/h1-9,14-15H,10-13,16H2,(H,31,32,35);(H,6,7). The van der Waals surface area contributed by atoms with Crippen LogP contribution in [0.15, 0.2) is 71.3 Å². The first-order chi connectivity index (χ1) is 20.7. The van der Waals surface area contributed by atoms with Gasteiger partial charge in [-0.3, -0.25) is 10.2 Å². The van der Waals surface area contributed by atoms with Crippen LogP contribution < -0.4 is 10.1 Å². The SMILES string of the molecule is O=C(Nc1noc2ccccc12)N1CCN(Cc2cccc(Oc3ccc(C(F)(F)F)c(Cl)c3)c2)CC1.O=C(O)C(F)(F)F.